The van der Waals surface area contributed by atoms with Crippen molar-refractivity contribution in [1.82, 2.24) is 0 Å². The summed E-state index contributed by atoms with van der Waals surface area (Å²) in [4.78, 5) is 8.81. The van der Waals surface area contributed by atoms with Crippen LogP contribution >= 0.6 is 0 Å². The van der Waals surface area contributed by atoms with Crippen LogP contribution < -0.4 is 5.73 Å². The maximum atomic E-state index is 8.81. The summed E-state index contributed by atoms with van der Waals surface area (Å²) in [6.07, 6.45) is 0.750. The molecule has 0 aliphatic heterocycles. The number of fused-ring (bicyclic) bond motifs is 1. The van der Waals surface area contributed by atoms with Gasteiger partial charge in [0.15, 0.2) is 0 Å². The summed E-state index contributed by atoms with van der Waals surface area (Å²) in [6.45, 7) is 1.44. The van der Waals surface area contributed by atoms with Gasteiger partial charge in [-0.15, -0.1) is 0 Å². The number of anilines is 1. The minimum Gasteiger partial charge on any atom is -0.398 e. The molecule has 0 saturated heterocycles. The fourth-order valence-corrected chi connectivity index (χ4v) is 1.25. The van der Waals surface area contributed by atoms with Gasteiger partial charge in [-0.25, -0.2) is 0 Å². The Labute approximate surface area is 83.4 Å². The highest BCUT2D eigenvalue weighted by Crippen LogP contribution is 2.19. The molecule has 2 aromatic carbocycles. The first kappa shape index (κ1) is 10.3. The lowest BCUT2D eigenvalue weighted by Crippen LogP contribution is -1.84. The van der Waals surface area contributed by atoms with E-state index >= 15 is 0 Å². The van der Waals surface area contributed by atoms with Crippen molar-refractivity contribution in [3.63, 3.8) is 0 Å². The number of benzene rings is 2. The molecule has 2 nitrogen and oxygen atoms in total. The molecule has 0 spiro atoms. The van der Waals surface area contributed by atoms with Gasteiger partial charge in [-0.05, 0) is 18.4 Å². The number of nitrogens with two attached hydrogens (primary N) is 1. The Morgan fingerprint density at radius 3 is 2.29 bits per heavy atom. The van der Waals surface area contributed by atoms with E-state index in [0.29, 0.717) is 0 Å². The largest absolute Gasteiger partial charge is 0.398 e. The van der Waals surface area contributed by atoms with Gasteiger partial charge in [0.25, 0.3) is 0 Å². The average Bonchev–Trinajstić information content (AvgIpc) is 2.20. The van der Waals surface area contributed by atoms with Gasteiger partial charge >= 0.3 is 0 Å². The summed E-state index contributed by atoms with van der Waals surface area (Å²) < 4.78 is 0. The minimum absolute atomic E-state index is 0.750. The van der Waals surface area contributed by atoms with Gasteiger partial charge < -0.3 is 10.5 Å². The maximum absolute atomic E-state index is 8.81. The Balaban J connectivity index is 0.000000293. The Bertz CT molecular complexity index is 418. The molecule has 0 aliphatic carbocycles. The first-order chi connectivity index (χ1) is 6.79. The van der Waals surface area contributed by atoms with Gasteiger partial charge in [-0.1, -0.05) is 36.4 Å². The highest BCUT2D eigenvalue weighted by Gasteiger charge is 1.92. The third kappa shape index (κ3) is 2.33. The number of rotatable bonds is 0. The molecule has 72 valence electrons. The first-order valence-electron chi connectivity index (χ1n) is 4.42. The predicted molar refractivity (Wildman–Crippen MR) is 60.1 cm³/mol. The van der Waals surface area contributed by atoms with Crippen LogP contribution in [0.5, 0.6) is 0 Å². The van der Waals surface area contributed by atoms with Crippen molar-refractivity contribution in [3.05, 3.63) is 42.5 Å². The SMILES string of the molecule is CC=O.Nc1cccc2ccccc12. The summed E-state index contributed by atoms with van der Waals surface area (Å²) in [7, 11) is 0. The van der Waals surface area contributed by atoms with Crippen LogP contribution in [0.3, 0.4) is 0 Å². The second kappa shape index (κ2) is 5.02. The Morgan fingerprint density at radius 1 is 1.07 bits per heavy atom. The van der Waals surface area contributed by atoms with Gasteiger partial charge in [0.05, 0.1) is 0 Å². The van der Waals surface area contributed by atoms with Gasteiger partial charge in [-0.3, -0.25) is 0 Å². The van der Waals surface area contributed by atoms with Crippen molar-refractivity contribution in [2.45, 2.75) is 6.92 Å². The van der Waals surface area contributed by atoms with Gasteiger partial charge in [0.1, 0.15) is 6.29 Å². The Morgan fingerprint density at radius 2 is 1.64 bits per heavy atom. The average molecular weight is 187 g/mol. The van der Waals surface area contributed by atoms with Crippen LogP contribution in [0.15, 0.2) is 42.5 Å². The molecule has 2 aromatic rings. The topological polar surface area (TPSA) is 43.1 Å². The van der Waals surface area contributed by atoms with Crippen molar-refractivity contribution < 1.29 is 4.79 Å². The number of aldehydes is 1. The maximum Gasteiger partial charge on any atom is 0.116 e. The van der Waals surface area contributed by atoms with Crippen LogP contribution in [0.4, 0.5) is 5.69 Å². The lowest BCUT2D eigenvalue weighted by atomic mass is 10.1. The molecule has 14 heavy (non-hydrogen) atoms. The van der Waals surface area contributed by atoms with Crippen LogP contribution in [-0.2, 0) is 4.79 Å². The van der Waals surface area contributed by atoms with E-state index in [-0.39, 0.29) is 0 Å². The molecule has 0 fully saturated rings. The van der Waals surface area contributed by atoms with E-state index in [9.17, 15) is 0 Å². The third-order valence-electron chi connectivity index (χ3n) is 1.82. The van der Waals surface area contributed by atoms with Gasteiger partial charge in [-0.2, -0.15) is 0 Å². The fourth-order valence-electron chi connectivity index (χ4n) is 1.25. The molecule has 2 heteroatoms. The molecule has 0 atom stereocenters. The van der Waals surface area contributed by atoms with E-state index < -0.39 is 0 Å². The van der Waals surface area contributed by atoms with Crippen molar-refractivity contribution >= 4 is 22.7 Å². The van der Waals surface area contributed by atoms with Gasteiger partial charge in [0.2, 0.25) is 0 Å². The monoisotopic (exact) mass is 187 g/mol. The zero-order valence-corrected chi connectivity index (χ0v) is 8.10. The quantitative estimate of drug-likeness (QED) is 0.509. The van der Waals surface area contributed by atoms with Crippen LogP contribution in [-0.4, -0.2) is 6.29 Å². The third-order valence-corrected chi connectivity index (χ3v) is 1.82. The number of carbonyl (C=O) groups is 1. The predicted octanol–water partition coefficient (Wildman–Crippen LogP) is 2.63. The van der Waals surface area contributed by atoms with Crippen LogP contribution in [0.1, 0.15) is 6.92 Å². The number of nitrogen functional groups attached to an aromatic ring is 1. The molecule has 0 unspecified atom stereocenters. The van der Waals surface area contributed by atoms with Crippen LogP contribution in [0.25, 0.3) is 10.8 Å². The van der Waals surface area contributed by atoms with Crippen LogP contribution in [0, 0.1) is 0 Å². The molecule has 0 amide bonds. The van der Waals surface area contributed by atoms with Crippen molar-refractivity contribution in [3.8, 4) is 0 Å². The standard InChI is InChI=1S/C10H9N.C2H4O/c11-10-7-3-5-8-4-1-2-6-9(8)10;1-2-3/h1-7H,11H2;2H,1H3. The fraction of sp³-hybridized carbons (Fsp3) is 0.0833. The van der Waals surface area contributed by atoms with E-state index in [1.807, 2.05) is 30.3 Å². The van der Waals surface area contributed by atoms with E-state index in [2.05, 4.69) is 12.1 Å². The normalized spacial score (nSPS) is 8.93. The summed E-state index contributed by atoms with van der Waals surface area (Å²) in [5.74, 6) is 0. The minimum atomic E-state index is 0.750. The molecule has 2 N–H and O–H groups in total. The van der Waals surface area contributed by atoms with E-state index in [1.54, 1.807) is 0 Å². The molecule has 0 heterocycles. The van der Waals surface area contributed by atoms with Crippen molar-refractivity contribution in [1.29, 1.82) is 0 Å². The Kier molecular flexibility index (Phi) is 3.68. The van der Waals surface area contributed by atoms with E-state index in [1.165, 1.54) is 12.3 Å². The molecule has 0 bridgehead atoms. The van der Waals surface area contributed by atoms with E-state index in [0.717, 1.165) is 17.4 Å². The molecule has 0 saturated carbocycles. The molecule has 0 aromatic heterocycles. The van der Waals surface area contributed by atoms with Crippen LogP contribution in [0.2, 0.25) is 0 Å². The Hall–Kier alpha value is -1.83. The summed E-state index contributed by atoms with van der Waals surface area (Å²) in [6, 6.07) is 14.1. The zero-order chi connectivity index (χ0) is 10.4. The number of carbonyl (C=O) groups excluding carboxylic acids is 1. The number of hydrogen-bond acceptors (Lipinski definition) is 2. The molecular weight excluding hydrogens is 174 g/mol. The second-order valence-electron chi connectivity index (χ2n) is 2.80. The second-order valence-corrected chi connectivity index (χ2v) is 2.80. The van der Waals surface area contributed by atoms with Crippen molar-refractivity contribution in [2.24, 2.45) is 0 Å². The zero-order valence-electron chi connectivity index (χ0n) is 8.10. The molecule has 2 rings (SSSR count). The molecule has 0 aliphatic rings. The molecule has 0 radical (unpaired) electrons. The lowest BCUT2D eigenvalue weighted by Gasteiger charge is -1.98. The lowest BCUT2D eigenvalue weighted by molar-refractivity contribution is -0.106. The summed E-state index contributed by atoms with van der Waals surface area (Å²) in [5.41, 5.74) is 6.61. The highest BCUT2D eigenvalue weighted by atomic mass is 16.1. The summed E-state index contributed by atoms with van der Waals surface area (Å²) in [5, 5.41) is 2.34. The smallest absolute Gasteiger partial charge is 0.116 e. The highest BCUT2D eigenvalue weighted by molar-refractivity contribution is 5.92. The molecular formula is C12H13NO. The number of hydrogen-bond donors (Lipinski definition) is 1. The van der Waals surface area contributed by atoms with Crippen molar-refractivity contribution in [2.75, 3.05) is 5.73 Å². The van der Waals surface area contributed by atoms with Gasteiger partial charge in [0, 0.05) is 11.1 Å². The summed E-state index contributed by atoms with van der Waals surface area (Å²) >= 11 is 0. The van der Waals surface area contributed by atoms with E-state index in [4.69, 9.17) is 10.5 Å². The first-order valence-corrected chi connectivity index (χ1v) is 4.42.